The minimum Gasteiger partial charge on any atom is -0.330 e. The first-order valence-corrected chi connectivity index (χ1v) is 6.91. The Balaban J connectivity index is 2.23. The van der Waals surface area contributed by atoms with Gasteiger partial charge in [-0.15, -0.1) is 0 Å². The molecule has 0 atom stereocenters. The first kappa shape index (κ1) is 14.9. The maximum Gasteiger partial charge on any atom is 0.255 e. The molecule has 0 aliphatic carbocycles. The fourth-order valence-electron chi connectivity index (χ4n) is 1.94. The quantitative estimate of drug-likeness (QED) is 0.904. The van der Waals surface area contributed by atoms with E-state index in [4.69, 9.17) is 28.9 Å². The summed E-state index contributed by atoms with van der Waals surface area (Å²) in [5.74, 6) is -0.201. The molecule has 1 amide bonds. The van der Waals surface area contributed by atoms with Crippen molar-refractivity contribution in [3.05, 3.63) is 63.6 Å². The third-order valence-corrected chi connectivity index (χ3v) is 3.23. The standard InChI is InChI=1S/C15H14Cl2N2O/c16-11-7-12(17)9-13(8-11)19-15(20)14-4-2-1-3-10(14)5-6-18/h1-4,7-9H,5-6,18H2,(H,19,20). The van der Waals surface area contributed by atoms with E-state index in [0.717, 1.165) is 5.56 Å². The fraction of sp³-hybridized carbons (Fsp3) is 0.133. The van der Waals surface area contributed by atoms with Crippen LogP contribution in [0, 0.1) is 0 Å². The number of carbonyl (C=O) groups is 1. The van der Waals surface area contributed by atoms with Gasteiger partial charge < -0.3 is 11.1 Å². The Hall–Kier alpha value is -1.55. The number of halogens is 2. The van der Waals surface area contributed by atoms with E-state index in [-0.39, 0.29) is 5.91 Å². The Bertz CT molecular complexity index is 609. The highest BCUT2D eigenvalue weighted by Crippen LogP contribution is 2.23. The molecule has 0 heterocycles. The number of hydrogen-bond acceptors (Lipinski definition) is 2. The molecule has 0 aromatic heterocycles. The lowest BCUT2D eigenvalue weighted by Crippen LogP contribution is -2.15. The first-order chi connectivity index (χ1) is 9.60. The van der Waals surface area contributed by atoms with Gasteiger partial charge in [-0.2, -0.15) is 0 Å². The number of anilines is 1. The number of amides is 1. The Morgan fingerprint density at radius 3 is 2.40 bits per heavy atom. The molecule has 0 aliphatic rings. The number of benzene rings is 2. The third-order valence-electron chi connectivity index (χ3n) is 2.80. The van der Waals surface area contributed by atoms with Crippen molar-refractivity contribution in [3.63, 3.8) is 0 Å². The minimum absolute atomic E-state index is 0.201. The van der Waals surface area contributed by atoms with Gasteiger partial charge in [0.2, 0.25) is 0 Å². The van der Waals surface area contributed by atoms with Gasteiger partial charge in [0.25, 0.3) is 5.91 Å². The highest BCUT2D eigenvalue weighted by atomic mass is 35.5. The van der Waals surface area contributed by atoms with Crippen LogP contribution in [0.2, 0.25) is 10.0 Å². The van der Waals surface area contributed by atoms with E-state index in [0.29, 0.717) is 34.3 Å². The molecule has 0 saturated carbocycles. The highest BCUT2D eigenvalue weighted by molar-refractivity contribution is 6.35. The highest BCUT2D eigenvalue weighted by Gasteiger charge is 2.11. The van der Waals surface area contributed by atoms with Crippen LogP contribution in [-0.4, -0.2) is 12.5 Å². The molecule has 3 nitrogen and oxygen atoms in total. The van der Waals surface area contributed by atoms with Crippen LogP contribution in [-0.2, 0) is 6.42 Å². The molecular formula is C15H14Cl2N2O. The van der Waals surface area contributed by atoms with Crippen LogP contribution in [0.25, 0.3) is 0 Å². The van der Waals surface area contributed by atoms with Gasteiger partial charge in [-0.25, -0.2) is 0 Å². The van der Waals surface area contributed by atoms with Gasteiger partial charge >= 0.3 is 0 Å². The first-order valence-electron chi connectivity index (χ1n) is 6.15. The summed E-state index contributed by atoms with van der Waals surface area (Å²) in [5, 5.41) is 3.74. The number of nitrogens with one attached hydrogen (secondary N) is 1. The summed E-state index contributed by atoms with van der Waals surface area (Å²) >= 11 is 11.8. The zero-order valence-electron chi connectivity index (χ0n) is 10.7. The van der Waals surface area contributed by atoms with E-state index in [1.165, 1.54) is 0 Å². The lowest BCUT2D eigenvalue weighted by molar-refractivity contribution is 0.102. The molecule has 2 aromatic rings. The van der Waals surface area contributed by atoms with Crippen molar-refractivity contribution in [1.29, 1.82) is 0 Å². The maximum atomic E-state index is 12.3. The van der Waals surface area contributed by atoms with Gasteiger partial charge in [-0.05, 0) is 42.8 Å². The van der Waals surface area contributed by atoms with Gasteiger partial charge in [0.1, 0.15) is 0 Å². The van der Waals surface area contributed by atoms with Crippen molar-refractivity contribution >= 4 is 34.8 Å². The molecule has 0 radical (unpaired) electrons. The van der Waals surface area contributed by atoms with Gasteiger partial charge in [0.05, 0.1) is 0 Å². The summed E-state index contributed by atoms with van der Waals surface area (Å²) in [4.78, 5) is 12.3. The molecular weight excluding hydrogens is 295 g/mol. The van der Waals surface area contributed by atoms with E-state index in [9.17, 15) is 4.79 Å². The Kier molecular flexibility index (Phi) is 5.01. The van der Waals surface area contributed by atoms with Crippen LogP contribution in [0.15, 0.2) is 42.5 Å². The monoisotopic (exact) mass is 308 g/mol. The van der Waals surface area contributed by atoms with E-state index >= 15 is 0 Å². The van der Waals surface area contributed by atoms with Gasteiger partial charge in [0, 0.05) is 21.3 Å². The summed E-state index contributed by atoms with van der Waals surface area (Å²) in [6.45, 7) is 0.493. The molecule has 0 aliphatic heterocycles. The molecule has 20 heavy (non-hydrogen) atoms. The predicted octanol–water partition coefficient (Wildman–Crippen LogP) is 3.75. The maximum absolute atomic E-state index is 12.3. The van der Waals surface area contributed by atoms with Crippen molar-refractivity contribution < 1.29 is 4.79 Å². The summed E-state index contributed by atoms with van der Waals surface area (Å²) < 4.78 is 0. The second kappa shape index (κ2) is 6.75. The molecule has 0 fully saturated rings. The molecule has 3 N–H and O–H groups in total. The molecule has 5 heteroatoms. The summed E-state index contributed by atoms with van der Waals surface area (Å²) in [6.07, 6.45) is 0.653. The average molecular weight is 309 g/mol. The van der Waals surface area contributed by atoms with E-state index in [2.05, 4.69) is 5.32 Å². The smallest absolute Gasteiger partial charge is 0.255 e. The zero-order chi connectivity index (χ0) is 14.5. The Morgan fingerprint density at radius 2 is 1.75 bits per heavy atom. The molecule has 0 unspecified atom stereocenters. The van der Waals surface area contributed by atoms with E-state index in [1.54, 1.807) is 24.3 Å². The van der Waals surface area contributed by atoms with Crippen LogP contribution in [0.3, 0.4) is 0 Å². The van der Waals surface area contributed by atoms with Gasteiger partial charge in [-0.3, -0.25) is 4.79 Å². The normalized spacial score (nSPS) is 10.3. The lowest BCUT2D eigenvalue weighted by Gasteiger charge is -2.10. The van der Waals surface area contributed by atoms with E-state index < -0.39 is 0 Å². The number of rotatable bonds is 4. The third kappa shape index (κ3) is 3.73. The second-order valence-corrected chi connectivity index (χ2v) is 5.18. The van der Waals surface area contributed by atoms with Crippen molar-refractivity contribution in [2.45, 2.75) is 6.42 Å². The van der Waals surface area contributed by atoms with Gasteiger partial charge in [-0.1, -0.05) is 41.4 Å². The topological polar surface area (TPSA) is 55.1 Å². The second-order valence-electron chi connectivity index (χ2n) is 4.31. The number of hydrogen-bond donors (Lipinski definition) is 2. The van der Waals surface area contributed by atoms with Crippen LogP contribution in [0.1, 0.15) is 15.9 Å². The van der Waals surface area contributed by atoms with Gasteiger partial charge in [0.15, 0.2) is 0 Å². The van der Waals surface area contributed by atoms with Crippen LogP contribution in [0.5, 0.6) is 0 Å². The van der Waals surface area contributed by atoms with E-state index in [1.807, 2.05) is 18.2 Å². The molecule has 0 saturated heterocycles. The predicted molar refractivity (Wildman–Crippen MR) is 83.6 cm³/mol. The summed E-state index contributed by atoms with van der Waals surface area (Å²) in [5.41, 5.74) is 7.64. The van der Waals surface area contributed by atoms with Crippen molar-refractivity contribution in [2.24, 2.45) is 5.73 Å². The van der Waals surface area contributed by atoms with Crippen LogP contribution < -0.4 is 11.1 Å². The fourth-order valence-corrected chi connectivity index (χ4v) is 2.47. The summed E-state index contributed by atoms with van der Waals surface area (Å²) in [7, 11) is 0. The SMILES string of the molecule is NCCc1ccccc1C(=O)Nc1cc(Cl)cc(Cl)c1. The van der Waals surface area contributed by atoms with Crippen molar-refractivity contribution in [1.82, 2.24) is 0 Å². The van der Waals surface area contributed by atoms with Crippen LogP contribution in [0.4, 0.5) is 5.69 Å². The molecule has 2 aromatic carbocycles. The molecule has 104 valence electrons. The Morgan fingerprint density at radius 1 is 1.10 bits per heavy atom. The van der Waals surface area contributed by atoms with Crippen LogP contribution >= 0.6 is 23.2 Å². The molecule has 2 rings (SSSR count). The lowest BCUT2D eigenvalue weighted by atomic mass is 10.0. The number of nitrogens with two attached hydrogens (primary N) is 1. The molecule has 0 spiro atoms. The largest absolute Gasteiger partial charge is 0.330 e. The van der Waals surface area contributed by atoms with Crippen molar-refractivity contribution in [3.8, 4) is 0 Å². The average Bonchev–Trinajstić information content (AvgIpc) is 2.38. The summed E-state index contributed by atoms with van der Waals surface area (Å²) in [6, 6.07) is 12.3. The minimum atomic E-state index is -0.201. The Labute approximate surface area is 127 Å². The zero-order valence-corrected chi connectivity index (χ0v) is 12.2. The number of carbonyl (C=O) groups excluding carboxylic acids is 1. The molecule has 0 bridgehead atoms. The van der Waals surface area contributed by atoms with Crippen molar-refractivity contribution in [2.75, 3.05) is 11.9 Å².